The van der Waals surface area contributed by atoms with Gasteiger partial charge in [0.15, 0.2) is 0 Å². The molecule has 0 saturated heterocycles. The lowest BCUT2D eigenvalue weighted by Gasteiger charge is -2.35. The van der Waals surface area contributed by atoms with Gasteiger partial charge in [0.1, 0.15) is 5.41 Å². The molecule has 0 heterocycles. The number of hydrogen-bond donors (Lipinski definition) is 2. The summed E-state index contributed by atoms with van der Waals surface area (Å²) in [5, 5.41) is 22.3. The summed E-state index contributed by atoms with van der Waals surface area (Å²) in [4.78, 5) is 33.4. The van der Waals surface area contributed by atoms with Gasteiger partial charge in [0.2, 0.25) is 5.91 Å². The van der Waals surface area contributed by atoms with E-state index in [1.807, 2.05) is 0 Å². The Hall–Kier alpha value is -1.96. The third-order valence-corrected chi connectivity index (χ3v) is 4.15. The van der Waals surface area contributed by atoms with Crippen molar-refractivity contribution in [3.05, 3.63) is 32.8 Å². The van der Waals surface area contributed by atoms with E-state index >= 15 is 0 Å². The molecular formula is C12H11BrN2O5. The minimum Gasteiger partial charge on any atom is -0.480 e. The van der Waals surface area contributed by atoms with E-state index in [-0.39, 0.29) is 24.2 Å². The molecule has 106 valence electrons. The Kier molecular flexibility index (Phi) is 3.76. The molecule has 7 nitrogen and oxygen atoms in total. The molecule has 0 bridgehead atoms. The van der Waals surface area contributed by atoms with Crippen LogP contribution in [0.15, 0.2) is 22.7 Å². The number of nitrogens with one attached hydrogen (secondary N) is 1. The first kappa shape index (κ1) is 14.4. The number of carboxylic acids is 1. The Morgan fingerprint density at radius 3 is 2.50 bits per heavy atom. The van der Waals surface area contributed by atoms with E-state index in [2.05, 4.69) is 21.2 Å². The molecule has 0 aromatic heterocycles. The van der Waals surface area contributed by atoms with E-state index in [9.17, 15) is 19.7 Å². The zero-order chi connectivity index (χ0) is 14.9. The molecule has 1 aliphatic carbocycles. The predicted molar refractivity (Wildman–Crippen MR) is 73.3 cm³/mol. The largest absolute Gasteiger partial charge is 0.480 e. The molecule has 0 unspecified atom stereocenters. The van der Waals surface area contributed by atoms with Gasteiger partial charge in [0.25, 0.3) is 5.69 Å². The van der Waals surface area contributed by atoms with Gasteiger partial charge in [-0.15, -0.1) is 0 Å². The monoisotopic (exact) mass is 342 g/mol. The number of amides is 1. The Labute approximate surface area is 122 Å². The number of nitrogens with zero attached hydrogens (tertiary/aromatic N) is 1. The highest BCUT2D eigenvalue weighted by Crippen LogP contribution is 2.42. The van der Waals surface area contributed by atoms with Gasteiger partial charge in [-0.25, -0.2) is 0 Å². The maximum Gasteiger partial charge on any atom is 0.319 e. The molecule has 2 N–H and O–H groups in total. The van der Waals surface area contributed by atoms with Crippen molar-refractivity contribution in [3.63, 3.8) is 0 Å². The van der Waals surface area contributed by atoms with E-state index in [0.717, 1.165) is 0 Å². The molecule has 20 heavy (non-hydrogen) atoms. The Bertz CT molecular complexity index is 598. The SMILES string of the molecule is O=C(O)C1(C(=O)Nc2cc([N+](=O)[O-])ccc2Br)CCC1. The fourth-order valence-electron chi connectivity index (χ4n) is 2.03. The van der Waals surface area contributed by atoms with Crippen LogP contribution in [-0.2, 0) is 9.59 Å². The maximum absolute atomic E-state index is 12.1. The molecule has 1 fully saturated rings. The minimum atomic E-state index is -1.41. The summed E-state index contributed by atoms with van der Waals surface area (Å²) in [5.74, 6) is -1.81. The van der Waals surface area contributed by atoms with Gasteiger partial charge in [-0.1, -0.05) is 6.42 Å². The van der Waals surface area contributed by atoms with E-state index in [1.54, 1.807) is 0 Å². The number of carbonyl (C=O) groups excluding carboxylic acids is 1. The number of benzene rings is 1. The molecule has 0 atom stereocenters. The quantitative estimate of drug-likeness (QED) is 0.496. The number of aliphatic carboxylic acids is 1. The Morgan fingerprint density at radius 2 is 2.05 bits per heavy atom. The van der Waals surface area contributed by atoms with Crippen molar-refractivity contribution in [2.24, 2.45) is 5.41 Å². The second-order valence-electron chi connectivity index (χ2n) is 4.62. The van der Waals surface area contributed by atoms with Crippen LogP contribution >= 0.6 is 15.9 Å². The number of anilines is 1. The lowest BCUT2D eigenvalue weighted by Crippen LogP contribution is -2.48. The fraction of sp³-hybridized carbons (Fsp3) is 0.333. The van der Waals surface area contributed by atoms with Crippen LogP contribution < -0.4 is 5.32 Å². The van der Waals surface area contributed by atoms with Gasteiger partial charge in [0.05, 0.1) is 10.6 Å². The van der Waals surface area contributed by atoms with Crippen molar-refractivity contribution in [2.45, 2.75) is 19.3 Å². The van der Waals surface area contributed by atoms with Gasteiger partial charge in [0, 0.05) is 16.6 Å². The van der Waals surface area contributed by atoms with Gasteiger partial charge >= 0.3 is 5.97 Å². The van der Waals surface area contributed by atoms with E-state index in [0.29, 0.717) is 10.9 Å². The average molecular weight is 343 g/mol. The zero-order valence-electron chi connectivity index (χ0n) is 10.3. The molecule has 1 amide bonds. The van der Waals surface area contributed by atoms with Gasteiger partial charge in [-0.05, 0) is 34.8 Å². The smallest absolute Gasteiger partial charge is 0.319 e. The number of carbonyl (C=O) groups is 2. The number of nitro benzene ring substituents is 1. The first-order chi connectivity index (χ1) is 9.36. The van der Waals surface area contributed by atoms with E-state index in [4.69, 9.17) is 5.11 Å². The Balaban J connectivity index is 2.26. The normalized spacial score (nSPS) is 16.1. The average Bonchev–Trinajstić information content (AvgIpc) is 2.29. The molecule has 8 heteroatoms. The van der Waals surface area contributed by atoms with E-state index in [1.165, 1.54) is 18.2 Å². The molecule has 1 saturated carbocycles. The number of rotatable bonds is 4. The van der Waals surface area contributed by atoms with Crippen molar-refractivity contribution in [3.8, 4) is 0 Å². The molecule has 0 spiro atoms. The van der Waals surface area contributed by atoms with Crippen molar-refractivity contribution >= 4 is 39.2 Å². The highest BCUT2D eigenvalue weighted by molar-refractivity contribution is 9.10. The zero-order valence-corrected chi connectivity index (χ0v) is 11.8. The van der Waals surface area contributed by atoms with Crippen molar-refractivity contribution in [1.82, 2.24) is 0 Å². The number of nitro groups is 1. The van der Waals surface area contributed by atoms with Crippen LogP contribution in [0.3, 0.4) is 0 Å². The summed E-state index contributed by atoms with van der Waals surface area (Å²) in [6.07, 6.45) is 1.23. The van der Waals surface area contributed by atoms with Crippen LogP contribution in [0.25, 0.3) is 0 Å². The number of non-ortho nitro benzene ring substituents is 1. The molecule has 1 aromatic carbocycles. The fourth-order valence-corrected chi connectivity index (χ4v) is 2.38. The van der Waals surface area contributed by atoms with Crippen molar-refractivity contribution in [1.29, 1.82) is 0 Å². The lowest BCUT2D eigenvalue weighted by atomic mass is 9.68. The molecule has 0 radical (unpaired) electrons. The molecular weight excluding hydrogens is 332 g/mol. The van der Waals surface area contributed by atoms with Gasteiger partial charge in [-0.2, -0.15) is 0 Å². The number of hydrogen-bond acceptors (Lipinski definition) is 4. The summed E-state index contributed by atoms with van der Waals surface area (Å²) in [6.45, 7) is 0. The first-order valence-corrected chi connectivity index (χ1v) is 6.65. The third-order valence-electron chi connectivity index (χ3n) is 3.46. The summed E-state index contributed by atoms with van der Waals surface area (Å²) < 4.78 is 0.455. The van der Waals surface area contributed by atoms with Crippen LogP contribution in [0, 0.1) is 15.5 Å². The number of halogens is 1. The van der Waals surface area contributed by atoms with Crippen LogP contribution in [0.4, 0.5) is 11.4 Å². The van der Waals surface area contributed by atoms with Crippen LogP contribution in [0.1, 0.15) is 19.3 Å². The van der Waals surface area contributed by atoms with Gasteiger partial charge < -0.3 is 10.4 Å². The summed E-state index contributed by atoms with van der Waals surface area (Å²) in [6, 6.07) is 3.91. The lowest BCUT2D eigenvalue weighted by molar-refractivity contribution is -0.384. The van der Waals surface area contributed by atoms with Gasteiger partial charge in [-0.3, -0.25) is 19.7 Å². The summed E-state index contributed by atoms with van der Waals surface area (Å²) in [5.41, 5.74) is -1.40. The van der Waals surface area contributed by atoms with Crippen LogP contribution in [0.2, 0.25) is 0 Å². The summed E-state index contributed by atoms with van der Waals surface area (Å²) >= 11 is 3.17. The topological polar surface area (TPSA) is 110 Å². The second-order valence-corrected chi connectivity index (χ2v) is 5.47. The highest BCUT2D eigenvalue weighted by atomic mass is 79.9. The minimum absolute atomic E-state index is 0.179. The molecule has 2 rings (SSSR count). The first-order valence-electron chi connectivity index (χ1n) is 5.85. The maximum atomic E-state index is 12.1. The standard InChI is InChI=1S/C12H11BrN2O5/c13-8-3-2-7(15(19)20)6-9(8)14-10(16)12(11(17)18)4-1-5-12/h2-3,6H,1,4-5H2,(H,14,16)(H,17,18). The molecule has 1 aliphatic rings. The van der Waals surface area contributed by atoms with Crippen molar-refractivity contribution < 1.29 is 19.6 Å². The van der Waals surface area contributed by atoms with E-state index < -0.39 is 22.2 Å². The number of carboxylic acid groups (broad SMARTS) is 1. The van der Waals surface area contributed by atoms with Crippen molar-refractivity contribution in [2.75, 3.05) is 5.32 Å². The predicted octanol–water partition coefficient (Wildman–Crippen LogP) is 2.55. The van der Waals surface area contributed by atoms with Crippen LogP contribution in [0.5, 0.6) is 0 Å². The van der Waals surface area contributed by atoms with Crippen LogP contribution in [-0.4, -0.2) is 21.9 Å². The third kappa shape index (κ3) is 2.38. The Morgan fingerprint density at radius 1 is 1.40 bits per heavy atom. The highest BCUT2D eigenvalue weighted by Gasteiger charge is 2.51. The molecule has 0 aliphatic heterocycles. The summed E-state index contributed by atoms with van der Waals surface area (Å²) in [7, 11) is 0. The molecule has 1 aromatic rings. The second kappa shape index (κ2) is 5.20.